The zero-order valence-corrected chi connectivity index (χ0v) is 17.6. The van der Waals surface area contributed by atoms with E-state index in [1.165, 1.54) is 12.1 Å². The standard InChI is InChI=1S/C20H25N3O3S.ClH/c1-3-22-27(25,26)16-10-9-14(2)17(11-16)20(24)23-12-18(19(21)13-23)15-7-5-4-6-8-15;/h4-11,18-19,22H,3,12-13,21H2,1-2H3;1H/t18-,19+;/m0./s1. The molecule has 8 heteroatoms. The number of hydrogen-bond acceptors (Lipinski definition) is 4. The summed E-state index contributed by atoms with van der Waals surface area (Å²) in [5, 5.41) is 0. The number of carbonyl (C=O) groups is 1. The quantitative estimate of drug-likeness (QED) is 0.771. The molecule has 0 aromatic heterocycles. The van der Waals surface area contributed by atoms with E-state index in [9.17, 15) is 13.2 Å². The topological polar surface area (TPSA) is 92.5 Å². The number of halogens is 1. The average Bonchev–Trinajstić information content (AvgIpc) is 3.04. The monoisotopic (exact) mass is 423 g/mol. The van der Waals surface area contributed by atoms with E-state index >= 15 is 0 Å². The lowest BCUT2D eigenvalue weighted by Gasteiger charge is -2.18. The zero-order valence-electron chi connectivity index (χ0n) is 16.0. The van der Waals surface area contributed by atoms with Gasteiger partial charge in [-0.15, -0.1) is 12.4 Å². The van der Waals surface area contributed by atoms with Crippen LogP contribution < -0.4 is 10.5 Å². The Morgan fingerprint density at radius 2 is 1.86 bits per heavy atom. The summed E-state index contributed by atoms with van der Waals surface area (Å²) in [4.78, 5) is 14.9. The van der Waals surface area contributed by atoms with Crippen molar-refractivity contribution in [3.63, 3.8) is 0 Å². The van der Waals surface area contributed by atoms with Crippen LogP contribution in [0, 0.1) is 6.92 Å². The van der Waals surface area contributed by atoms with Crippen molar-refractivity contribution in [2.24, 2.45) is 5.73 Å². The third kappa shape index (κ3) is 4.55. The highest BCUT2D eigenvalue weighted by Crippen LogP contribution is 2.28. The molecule has 0 aliphatic carbocycles. The summed E-state index contributed by atoms with van der Waals surface area (Å²) >= 11 is 0. The van der Waals surface area contributed by atoms with Gasteiger partial charge >= 0.3 is 0 Å². The summed E-state index contributed by atoms with van der Waals surface area (Å²) < 4.78 is 27.0. The van der Waals surface area contributed by atoms with Crippen molar-refractivity contribution in [3.05, 3.63) is 65.2 Å². The highest BCUT2D eigenvalue weighted by atomic mass is 35.5. The lowest BCUT2D eigenvalue weighted by molar-refractivity contribution is 0.0788. The maximum atomic E-state index is 13.1. The van der Waals surface area contributed by atoms with Crippen LogP contribution in [-0.4, -0.2) is 44.9 Å². The number of likely N-dealkylation sites (tertiary alicyclic amines) is 1. The summed E-state index contributed by atoms with van der Waals surface area (Å²) in [5.41, 5.74) is 8.55. The third-order valence-electron chi connectivity index (χ3n) is 4.96. The molecule has 152 valence electrons. The Morgan fingerprint density at radius 3 is 2.50 bits per heavy atom. The van der Waals surface area contributed by atoms with Gasteiger partial charge in [-0.25, -0.2) is 13.1 Å². The van der Waals surface area contributed by atoms with Crippen molar-refractivity contribution in [3.8, 4) is 0 Å². The number of rotatable bonds is 5. The van der Waals surface area contributed by atoms with E-state index in [0.717, 1.165) is 11.1 Å². The molecule has 0 saturated carbocycles. The van der Waals surface area contributed by atoms with Crippen molar-refractivity contribution in [1.29, 1.82) is 0 Å². The molecule has 28 heavy (non-hydrogen) atoms. The van der Waals surface area contributed by atoms with E-state index in [0.29, 0.717) is 25.2 Å². The highest BCUT2D eigenvalue weighted by Gasteiger charge is 2.34. The minimum absolute atomic E-state index is 0. The Kier molecular flexibility index (Phi) is 7.22. The van der Waals surface area contributed by atoms with Gasteiger partial charge in [0, 0.05) is 37.2 Å². The van der Waals surface area contributed by atoms with Gasteiger partial charge < -0.3 is 10.6 Å². The van der Waals surface area contributed by atoms with Gasteiger partial charge in [0.2, 0.25) is 10.0 Å². The largest absolute Gasteiger partial charge is 0.336 e. The molecule has 1 fully saturated rings. The third-order valence-corrected chi connectivity index (χ3v) is 6.51. The summed E-state index contributed by atoms with van der Waals surface area (Å²) in [5.74, 6) is -0.112. The van der Waals surface area contributed by atoms with E-state index < -0.39 is 10.0 Å². The second-order valence-corrected chi connectivity index (χ2v) is 8.64. The van der Waals surface area contributed by atoms with Crippen LogP contribution in [0.1, 0.15) is 34.3 Å². The first-order valence-corrected chi connectivity index (χ1v) is 10.5. The fourth-order valence-corrected chi connectivity index (χ4v) is 4.56. The number of aryl methyl sites for hydroxylation is 1. The molecule has 1 aliphatic rings. The first kappa shape index (κ1) is 22.4. The summed E-state index contributed by atoms with van der Waals surface area (Å²) in [6.07, 6.45) is 0. The van der Waals surface area contributed by atoms with Gasteiger partial charge in [0.1, 0.15) is 0 Å². The van der Waals surface area contributed by atoms with Crippen LogP contribution in [-0.2, 0) is 10.0 Å². The Morgan fingerprint density at radius 1 is 1.18 bits per heavy atom. The molecule has 0 radical (unpaired) electrons. The van der Waals surface area contributed by atoms with Crippen molar-refractivity contribution in [2.45, 2.75) is 30.7 Å². The van der Waals surface area contributed by atoms with Crippen molar-refractivity contribution in [2.75, 3.05) is 19.6 Å². The Balaban J connectivity index is 0.00000280. The van der Waals surface area contributed by atoms with E-state index in [1.54, 1.807) is 17.9 Å². The Hall–Kier alpha value is -1.93. The maximum absolute atomic E-state index is 13.1. The number of nitrogens with one attached hydrogen (secondary N) is 1. The fourth-order valence-electron chi connectivity index (χ4n) is 3.49. The number of sulfonamides is 1. The van der Waals surface area contributed by atoms with Gasteiger partial charge in [-0.05, 0) is 30.2 Å². The first-order chi connectivity index (χ1) is 12.8. The van der Waals surface area contributed by atoms with Crippen LogP contribution in [0.4, 0.5) is 0 Å². The molecule has 6 nitrogen and oxygen atoms in total. The number of amides is 1. The maximum Gasteiger partial charge on any atom is 0.254 e. The number of benzene rings is 2. The zero-order chi connectivity index (χ0) is 19.6. The van der Waals surface area contributed by atoms with Crippen molar-refractivity contribution < 1.29 is 13.2 Å². The normalized spacial score (nSPS) is 19.3. The minimum Gasteiger partial charge on any atom is -0.336 e. The number of hydrogen-bond donors (Lipinski definition) is 2. The SMILES string of the molecule is CCNS(=O)(=O)c1ccc(C)c(C(=O)N2C[C@@H](N)[C@H](c3ccccc3)C2)c1.Cl. The van der Waals surface area contributed by atoms with Gasteiger partial charge in [-0.2, -0.15) is 0 Å². The second kappa shape index (κ2) is 9.05. The predicted molar refractivity (Wildman–Crippen MR) is 112 cm³/mol. The molecule has 3 N–H and O–H groups in total. The molecule has 1 aliphatic heterocycles. The van der Waals surface area contributed by atoms with E-state index in [2.05, 4.69) is 4.72 Å². The fraction of sp³-hybridized carbons (Fsp3) is 0.350. The number of nitrogens with two attached hydrogens (primary N) is 1. The molecule has 2 aromatic rings. The Bertz CT molecular complexity index is 935. The molecule has 1 saturated heterocycles. The number of carbonyl (C=O) groups excluding carboxylic acids is 1. The van der Waals surface area contributed by atoms with Gasteiger partial charge in [0.25, 0.3) is 5.91 Å². The van der Waals surface area contributed by atoms with Crippen LogP contribution in [0.25, 0.3) is 0 Å². The van der Waals surface area contributed by atoms with Crippen molar-refractivity contribution >= 4 is 28.3 Å². The molecule has 1 amide bonds. The molecule has 0 bridgehead atoms. The molecule has 2 atom stereocenters. The Labute approximate surface area is 172 Å². The van der Waals surface area contributed by atoms with Crippen molar-refractivity contribution in [1.82, 2.24) is 9.62 Å². The molecule has 1 heterocycles. The van der Waals surface area contributed by atoms with Crippen LogP contribution in [0.3, 0.4) is 0 Å². The van der Waals surface area contributed by atoms with E-state index in [4.69, 9.17) is 5.73 Å². The van der Waals surface area contributed by atoms with E-state index in [-0.39, 0.29) is 35.2 Å². The predicted octanol–water partition coefficient (Wildman–Crippen LogP) is 2.28. The summed E-state index contributed by atoms with van der Waals surface area (Å²) in [7, 11) is -3.62. The van der Waals surface area contributed by atoms with Crippen LogP contribution in [0.5, 0.6) is 0 Å². The number of nitrogens with zero attached hydrogens (tertiary/aromatic N) is 1. The van der Waals surface area contributed by atoms with Crippen LogP contribution >= 0.6 is 12.4 Å². The lowest BCUT2D eigenvalue weighted by atomic mass is 9.95. The van der Waals surface area contributed by atoms with Gasteiger partial charge in [0.05, 0.1) is 4.90 Å². The molecular weight excluding hydrogens is 398 g/mol. The molecule has 3 rings (SSSR count). The molecule has 0 unspecified atom stereocenters. The molecule has 2 aromatic carbocycles. The first-order valence-electron chi connectivity index (χ1n) is 9.03. The van der Waals surface area contributed by atoms with Gasteiger partial charge in [-0.3, -0.25) is 4.79 Å². The lowest BCUT2D eigenvalue weighted by Crippen LogP contribution is -2.32. The molecule has 0 spiro atoms. The van der Waals surface area contributed by atoms with Crippen LogP contribution in [0.15, 0.2) is 53.4 Å². The van der Waals surface area contributed by atoms with Gasteiger partial charge in [0.15, 0.2) is 0 Å². The average molecular weight is 424 g/mol. The smallest absolute Gasteiger partial charge is 0.254 e. The van der Waals surface area contributed by atoms with Crippen LogP contribution in [0.2, 0.25) is 0 Å². The van der Waals surface area contributed by atoms with E-state index in [1.807, 2.05) is 37.3 Å². The molecular formula is C20H26ClN3O3S. The summed E-state index contributed by atoms with van der Waals surface area (Å²) in [6, 6.07) is 14.4. The van der Waals surface area contributed by atoms with Gasteiger partial charge in [-0.1, -0.05) is 43.3 Å². The summed E-state index contributed by atoms with van der Waals surface area (Å²) in [6.45, 7) is 4.78. The highest BCUT2D eigenvalue weighted by molar-refractivity contribution is 7.89. The second-order valence-electron chi connectivity index (χ2n) is 6.87. The minimum atomic E-state index is -3.62.